The summed E-state index contributed by atoms with van der Waals surface area (Å²) in [5, 5.41) is 0.717. The molecule has 36 valence electrons. The number of aldehydes is 1. The third-order valence-electron chi connectivity index (χ3n) is 3.40. The molecule has 0 aromatic carbocycles. The lowest BCUT2D eigenvalue weighted by molar-refractivity contribution is -0.109. The molecule has 4 rings (SSSR count). The third-order valence-corrected chi connectivity index (χ3v) is 5.51. The molecule has 0 saturated heterocycles. The Hall–Kier alpha value is -0.113. The van der Waals surface area contributed by atoms with E-state index in [1.165, 1.54) is 16.5 Å². The lowest BCUT2D eigenvalue weighted by Gasteiger charge is -1.65. The highest BCUT2D eigenvalue weighted by Crippen LogP contribution is 3.21. The van der Waals surface area contributed by atoms with Crippen LogP contribution in [0.1, 0.15) is 0 Å². The summed E-state index contributed by atoms with van der Waals surface area (Å²) in [4.78, 5) is 10.2. The van der Waals surface area contributed by atoms with Crippen molar-refractivity contribution in [1.82, 2.24) is 0 Å². The van der Waals surface area contributed by atoms with E-state index in [0.717, 1.165) is 16.9 Å². The van der Waals surface area contributed by atoms with Crippen molar-refractivity contribution in [1.29, 1.82) is 0 Å². The average molecular weight is 110 g/mol. The highest BCUT2D eigenvalue weighted by Gasteiger charge is 3.17. The highest BCUT2D eigenvalue weighted by molar-refractivity contribution is 6.33. The number of carbonyl (C=O) groups excluding carboxylic acids is 1. The monoisotopic (exact) mass is 110 g/mol. The molecule has 0 aromatic heterocycles. The maximum absolute atomic E-state index is 10.2. The van der Waals surface area contributed by atoms with E-state index in [1.54, 1.807) is 0 Å². The van der Waals surface area contributed by atoms with Crippen LogP contribution in [0.2, 0.25) is 5.04 Å². The number of hydrogen-bond donors (Lipinski definition) is 0. The van der Waals surface area contributed by atoms with Gasteiger partial charge in [-0.1, -0.05) is 0 Å². The molecule has 0 N–H and O–H groups in total. The van der Waals surface area contributed by atoms with E-state index in [1.807, 2.05) is 0 Å². The van der Waals surface area contributed by atoms with Crippen LogP contribution in [0.15, 0.2) is 0 Å². The molecule has 0 aromatic rings. The van der Waals surface area contributed by atoms with Crippen LogP contribution in [0.5, 0.6) is 0 Å². The van der Waals surface area contributed by atoms with Crippen molar-refractivity contribution in [2.75, 3.05) is 0 Å². The van der Waals surface area contributed by atoms with Gasteiger partial charge in [0.25, 0.3) is 0 Å². The van der Waals surface area contributed by atoms with Crippen LogP contribution in [-0.2, 0) is 4.79 Å². The van der Waals surface area contributed by atoms with Gasteiger partial charge < -0.3 is 4.79 Å². The molecular weight excluding hydrogens is 104 g/mol. The second kappa shape index (κ2) is 0.394. The van der Waals surface area contributed by atoms with Gasteiger partial charge in [-0.15, -0.1) is 0 Å². The molecule has 2 atom stereocenters. The van der Waals surface area contributed by atoms with Gasteiger partial charge in [0.1, 0.15) is 6.29 Å². The van der Waals surface area contributed by atoms with Gasteiger partial charge in [-0.25, -0.2) is 0 Å². The largest absolute Gasteiger partial charge is 0.303 e. The quantitative estimate of drug-likeness (QED) is 0.311. The van der Waals surface area contributed by atoms with Crippen LogP contribution >= 0.6 is 0 Å². The molecule has 0 aliphatic heterocycles. The molecule has 2 unspecified atom stereocenters. The minimum atomic E-state index is 0.360. The lowest BCUT2D eigenvalue weighted by Crippen LogP contribution is -1.74. The van der Waals surface area contributed by atoms with Crippen molar-refractivity contribution in [3.05, 3.63) is 0 Å². The molecule has 0 heterocycles. The zero-order valence-corrected chi connectivity index (χ0v) is 6.14. The van der Waals surface area contributed by atoms with E-state index in [2.05, 4.69) is 0 Å². The minimum absolute atomic E-state index is 0.360. The van der Waals surface area contributed by atoms with Crippen molar-refractivity contribution in [2.24, 2.45) is 17.3 Å². The lowest BCUT2D eigenvalue weighted by atomic mass is 10.5. The number of carbonyl (C=O) groups is 1. The Morgan fingerprint density at radius 2 is 2.00 bits per heavy atom. The van der Waals surface area contributed by atoms with Gasteiger partial charge in [0.05, 0.1) is 0 Å². The zero-order valence-electron chi connectivity index (χ0n) is 4.14. The molecule has 4 fully saturated rings. The molecule has 7 heavy (non-hydrogen) atoms. The molecule has 0 bridgehead atoms. The van der Waals surface area contributed by atoms with E-state index in [0.29, 0.717) is 5.41 Å². The summed E-state index contributed by atoms with van der Waals surface area (Å²) in [7, 11) is 1.28. The SMILES string of the molecule is O=CC12C3C1C32[SiH3]. The van der Waals surface area contributed by atoms with Gasteiger partial charge in [0, 0.05) is 15.7 Å². The summed E-state index contributed by atoms with van der Waals surface area (Å²) in [5.74, 6) is 1.87. The standard InChI is InChI=1S/C5H6OSi/c6-1-4-2-3(4)5(2,4)7/h1-3H,7H3. The van der Waals surface area contributed by atoms with Crippen molar-refractivity contribution in [2.45, 2.75) is 5.04 Å². The fourth-order valence-corrected chi connectivity index (χ4v) is 4.28. The molecule has 4 aliphatic carbocycles. The normalized spacial score (nSPS) is 88.0. The molecule has 0 spiro atoms. The predicted octanol–water partition coefficient (Wildman–Crippen LogP) is -1.03. The summed E-state index contributed by atoms with van der Waals surface area (Å²) in [6, 6.07) is 0. The Labute approximate surface area is 44.5 Å². The minimum Gasteiger partial charge on any atom is -0.303 e. The van der Waals surface area contributed by atoms with Crippen molar-refractivity contribution >= 4 is 16.5 Å². The van der Waals surface area contributed by atoms with E-state index >= 15 is 0 Å². The van der Waals surface area contributed by atoms with E-state index < -0.39 is 0 Å². The zero-order chi connectivity index (χ0) is 4.86. The maximum atomic E-state index is 10.2. The second-order valence-electron chi connectivity index (χ2n) is 3.29. The summed E-state index contributed by atoms with van der Waals surface area (Å²) in [5.41, 5.74) is 0.360. The van der Waals surface area contributed by atoms with Crippen LogP contribution in [-0.4, -0.2) is 16.5 Å². The average Bonchev–Trinajstić information content (AvgIpc) is 2.38. The fraction of sp³-hybridized carbons (Fsp3) is 0.800. The van der Waals surface area contributed by atoms with Gasteiger partial charge in [-0.05, 0) is 16.9 Å². The Bertz CT molecular complexity index is 177. The Morgan fingerprint density at radius 3 is 2.00 bits per heavy atom. The van der Waals surface area contributed by atoms with Crippen LogP contribution in [0.4, 0.5) is 0 Å². The second-order valence-corrected chi connectivity index (χ2v) is 4.94. The molecule has 2 heteroatoms. The van der Waals surface area contributed by atoms with Crippen molar-refractivity contribution < 1.29 is 4.79 Å². The third kappa shape index (κ3) is 0.0875. The van der Waals surface area contributed by atoms with Gasteiger partial charge in [0.2, 0.25) is 0 Å². The Balaban J connectivity index is 2.21. The van der Waals surface area contributed by atoms with Gasteiger partial charge in [-0.3, -0.25) is 0 Å². The Morgan fingerprint density at radius 1 is 1.57 bits per heavy atom. The molecule has 0 radical (unpaired) electrons. The first kappa shape index (κ1) is 3.02. The van der Waals surface area contributed by atoms with Gasteiger partial charge in [-0.2, -0.15) is 0 Å². The first-order valence-electron chi connectivity index (χ1n) is 2.76. The van der Waals surface area contributed by atoms with Crippen LogP contribution in [0, 0.1) is 17.3 Å². The van der Waals surface area contributed by atoms with E-state index in [9.17, 15) is 4.79 Å². The van der Waals surface area contributed by atoms with E-state index in [-0.39, 0.29) is 0 Å². The molecule has 4 saturated carbocycles. The fourth-order valence-electron chi connectivity index (χ4n) is 2.38. The summed E-state index contributed by atoms with van der Waals surface area (Å²) in [6.07, 6.45) is 1.20. The van der Waals surface area contributed by atoms with Crippen molar-refractivity contribution in [3.63, 3.8) is 0 Å². The number of hydrogen-bond acceptors (Lipinski definition) is 1. The summed E-state index contributed by atoms with van der Waals surface area (Å²) >= 11 is 0. The first-order valence-corrected chi connectivity index (χ1v) is 3.76. The predicted molar refractivity (Wildman–Crippen MR) is 28.1 cm³/mol. The van der Waals surface area contributed by atoms with Gasteiger partial charge in [0.15, 0.2) is 0 Å². The van der Waals surface area contributed by atoms with Crippen LogP contribution < -0.4 is 0 Å². The van der Waals surface area contributed by atoms with Crippen LogP contribution in [0.25, 0.3) is 0 Å². The molecular formula is C5H6OSi. The van der Waals surface area contributed by atoms with E-state index in [4.69, 9.17) is 0 Å². The summed E-state index contributed by atoms with van der Waals surface area (Å²) < 4.78 is 0. The first-order chi connectivity index (χ1) is 3.30. The maximum Gasteiger partial charge on any atom is 0.126 e. The summed E-state index contributed by atoms with van der Waals surface area (Å²) in [6.45, 7) is 0. The Kier molecular flexibility index (Phi) is 0.170. The number of rotatable bonds is 1. The highest BCUT2D eigenvalue weighted by atomic mass is 28.1. The smallest absolute Gasteiger partial charge is 0.126 e. The topological polar surface area (TPSA) is 17.1 Å². The van der Waals surface area contributed by atoms with Gasteiger partial charge >= 0.3 is 0 Å². The molecule has 0 amide bonds. The van der Waals surface area contributed by atoms with Crippen molar-refractivity contribution in [3.8, 4) is 0 Å². The molecule has 1 nitrogen and oxygen atoms in total. The molecule has 4 aliphatic rings. The van der Waals surface area contributed by atoms with Crippen LogP contribution in [0.3, 0.4) is 0 Å².